The summed E-state index contributed by atoms with van der Waals surface area (Å²) in [5.41, 5.74) is 3.21. The molecule has 0 unspecified atom stereocenters. The van der Waals surface area contributed by atoms with E-state index in [1.165, 1.54) is 6.34 Å². The minimum absolute atomic E-state index is 0.389. The van der Waals surface area contributed by atoms with Crippen LogP contribution in [-0.2, 0) is 11.3 Å². The number of amides is 1. The van der Waals surface area contributed by atoms with E-state index in [0.717, 1.165) is 5.56 Å². The van der Waals surface area contributed by atoms with Gasteiger partial charge in [-0.15, -0.1) is 0 Å². The fourth-order valence-corrected chi connectivity index (χ4v) is 2.48. The average molecular weight is 372 g/mol. The summed E-state index contributed by atoms with van der Waals surface area (Å²) in [4.78, 5) is 25.8. The lowest BCUT2D eigenvalue weighted by atomic mass is 10.2. The molecule has 2 aromatic rings. The van der Waals surface area contributed by atoms with Crippen LogP contribution in [0.1, 0.15) is 26.3 Å². The lowest BCUT2D eigenvalue weighted by Crippen LogP contribution is -2.35. The zero-order chi connectivity index (χ0) is 19.3. The summed E-state index contributed by atoms with van der Waals surface area (Å²) in [5, 5.41) is 5.92. The largest absolute Gasteiger partial charge is 0.444 e. The van der Waals surface area contributed by atoms with Gasteiger partial charge in [0.15, 0.2) is 0 Å². The number of hydrogen-bond donors (Lipinski definition) is 3. The second-order valence-electron chi connectivity index (χ2n) is 6.97. The third kappa shape index (κ3) is 5.13. The normalized spacial score (nSPS) is 12.6. The number of ether oxygens (including phenoxy) is 1. The molecule has 1 aromatic carbocycles. The molecule has 0 fully saturated rings. The van der Waals surface area contributed by atoms with Crippen LogP contribution in [0, 0.1) is 0 Å². The monoisotopic (exact) mass is 372 g/mol. The Kier molecular flexibility index (Phi) is 5.49. The zero-order valence-corrected chi connectivity index (χ0v) is 15.7. The molecule has 0 bridgehead atoms. The number of aliphatic imine (C=N–C) groups is 1. The Hall–Kier alpha value is -3.23. The van der Waals surface area contributed by atoms with Crippen molar-refractivity contribution in [3.63, 3.8) is 0 Å². The summed E-state index contributed by atoms with van der Waals surface area (Å²) >= 11 is 0. The highest BCUT2D eigenvalue weighted by Gasteiger charge is 2.21. The second-order valence-corrected chi connectivity index (χ2v) is 6.97. The first kappa shape index (κ1) is 18.6. The molecule has 0 atom stereocenters. The van der Waals surface area contributed by atoms with Crippen molar-refractivity contribution in [3.8, 4) is 5.88 Å². The van der Waals surface area contributed by atoms with Crippen LogP contribution in [-0.4, -0.2) is 40.7 Å². The molecule has 1 aromatic heterocycles. The fraction of sp³-hybridized carbons (Fsp3) is 0.389. The van der Waals surface area contributed by atoms with Gasteiger partial charge in [-0.05, 0) is 26.3 Å². The van der Waals surface area contributed by atoms with Gasteiger partial charge in [0.1, 0.15) is 11.9 Å². The summed E-state index contributed by atoms with van der Waals surface area (Å²) in [6.07, 6.45) is 0.990. The molecule has 1 aliphatic heterocycles. The van der Waals surface area contributed by atoms with E-state index in [1.807, 2.05) is 55.7 Å². The van der Waals surface area contributed by atoms with E-state index >= 15 is 0 Å². The van der Waals surface area contributed by atoms with E-state index in [4.69, 9.17) is 9.57 Å². The van der Waals surface area contributed by atoms with Gasteiger partial charge in [0.05, 0.1) is 6.54 Å². The van der Waals surface area contributed by atoms with Crippen molar-refractivity contribution in [3.05, 3.63) is 35.9 Å². The van der Waals surface area contributed by atoms with Gasteiger partial charge in [-0.1, -0.05) is 30.3 Å². The summed E-state index contributed by atoms with van der Waals surface area (Å²) in [7, 11) is 0. The molecule has 1 amide bonds. The van der Waals surface area contributed by atoms with Gasteiger partial charge in [-0.25, -0.2) is 15.3 Å². The number of alkyl carbamates (subject to hydrolysis) is 1. The number of carbonyl (C=O) groups excluding carboxylic acids is 1. The van der Waals surface area contributed by atoms with E-state index in [2.05, 4.69) is 26.1 Å². The number of carbonyl (C=O) groups is 1. The highest BCUT2D eigenvalue weighted by atomic mass is 16.7. The minimum Gasteiger partial charge on any atom is -0.444 e. The van der Waals surface area contributed by atoms with Crippen molar-refractivity contribution in [2.75, 3.05) is 18.4 Å². The topological polar surface area (TPSA) is 102 Å². The van der Waals surface area contributed by atoms with Gasteiger partial charge in [0, 0.05) is 13.1 Å². The van der Waals surface area contributed by atoms with E-state index < -0.39 is 11.7 Å². The van der Waals surface area contributed by atoms with Crippen LogP contribution >= 0.6 is 0 Å². The first-order valence-electron chi connectivity index (χ1n) is 8.72. The molecule has 1 aliphatic rings. The van der Waals surface area contributed by atoms with Crippen LogP contribution in [0.25, 0.3) is 0 Å². The maximum absolute atomic E-state index is 11.7. The second kappa shape index (κ2) is 7.98. The van der Waals surface area contributed by atoms with Gasteiger partial charge >= 0.3 is 6.09 Å². The van der Waals surface area contributed by atoms with Crippen LogP contribution in [0.5, 0.6) is 5.88 Å². The Labute approximate surface area is 157 Å². The smallest absolute Gasteiger partial charge is 0.407 e. The number of anilines is 1. The van der Waals surface area contributed by atoms with Crippen LogP contribution in [0.3, 0.4) is 0 Å². The SMILES string of the molecule is CC(C)(C)OC(=O)NCCNc1nc2c(n1Cc1ccccc1)ONC=N2. The lowest BCUT2D eigenvalue weighted by Gasteiger charge is -2.19. The quantitative estimate of drug-likeness (QED) is 0.673. The van der Waals surface area contributed by atoms with Crippen LogP contribution in [0.15, 0.2) is 35.3 Å². The van der Waals surface area contributed by atoms with Crippen molar-refractivity contribution in [1.29, 1.82) is 0 Å². The number of rotatable bonds is 6. The number of fused-ring (bicyclic) bond motifs is 1. The molecule has 2 heterocycles. The maximum Gasteiger partial charge on any atom is 0.407 e. The molecule has 0 spiro atoms. The standard InChI is InChI=1S/C18H24N6O3/c1-18(2,3)26-17(25)20-10-9-19-16-23-14-15(27-22-12-21-14)24(16)11-13-7-5-4-6-8-13/h4-8,12H,9-11H2,1-3H3,(H,19,23)(H,20,25)(H,21,22). The molecule has 0 saturated heterocycles. The van der Waals surface area contributed by atoms with E-state index in [-0.39, 0.29) is 0 Å². The molecular weight excluding hydrogens is 348 g/mol. The van der Waals surface area contributed by atoms with Crippen LogP contribution in [0.4, 0.5) is 16.6 Å². The maximum atomic E-state index is 11.7. The molecule has 3 rings (SSSR count). The van der Waals surface area contributed by atoms with Gasteiger partial charge < -0.3 is 20.2 Å². The summed E-state index contributed by atoms with van der Waals surface area (Å²) in [6.45, 7) is 6.91. The Morgan fingerprint density at radius 1 is 1.26 bits per heavy atom. The number of aromatic nitrogens is 2. The molecule has 144 valence electrons. The van der Waals surface area contributed by atoms with Crippen molar-refractivity contribution in [2.45, 2.75) is 32.9 Å². The van der Waals surface area contributed by atoms with Crippen LogP contribution < -0.4 is 21.0 Å². The lowest BCUT2D eigenvalue weighted by molar-refractivity contribution is 0.0530. The summed E-state index contributed by atoms with van der Waals surface area (Å²) in [5.74, 6) is 1.63. The Morgan fingerprint density at radius 3 is 2.78 bits per heavy atom. The number of hydrogen-bond acceptors (Lipinski definition) is 7. The summed E-state index contributed by atoms with van der Waals surface area (Å²) < 4.78 is 7.10. The molecular formula is C18H24N6O3. The van der Waals surface area contributed by atoms with Crippen molar-refractivity contribution in [1.82, 2.24) is 20.3 Å². The fourth-order valence-electron chi connectivity index (χ4n) is 2.48. The van der Waals surface area contributed by atoms with Crippen LogP contribution in [0.2, 0.25) is 0 Å². The molecule has 0 radical (unpaired) electrons. The molecule has 9 nitrogen and oxygen atoms in total. The molecule has 0 aliphatic carbocycles. The van der Waals surface area contributed by atoms with Crippen molar-refractivity contribution < 1.29 is 14.4 Å². The molecule has 9 heteroatoms. The average Bonchev–Trinajstić information content (AvgIpc) is 2.96. The number of nitrogens with zero attached hydrogens (tertiary/aromatic N) is 3. The van der Waals surface area contributed by atoms with Gasteiger partial charge in [-0.2, -0.15) is 4.98 Å². The summed E-state index contributed by atoms with van der Waals surface area (Å²) in [6, 6.07) is 9.98. The third-order valence-electron chi connectivity index (χ3n) is 3.56. The number of nitrogens with one attached hydrogen (secondary N) is 3. The predicted octanol–water partition coefficient (Wildman–Crippen LogP) is 2.42. The first-order valence-corrected chi connectivity index (χ1v) is 8.72. The van der Waals surface area contributed by atoms with Crippen molar-refractivity contribution in [2.24, 2.45) is 4.99 Å². The van der Waals surface area contributed by atoms with E-state index in [0.29, 0.717) is 37.3 Å². The molecule has 0 saturated carbocycles. The van der Waals surface area contributed by atoms with E-state index in [1.54, 1.807) is 0 Å². The van der Waals surface area contributed by atoms with Crippen molar-refractivity contribution >= 4 is 24.2 Å². The molecule has 3 N–H and O–H groups in total. The number of imidazole rings is 1. The highest BCUT2D eigenvalue weighted by molar-refractivity contribution is 5.68. The first-order chi connectivity index (χ1) is 12.9. The molecule has 27 heavy (non-hydrogen) atoms. The highest BCUT2D eigenvalue weighted by Crippen LogP contribution is 2.32. The Morgan fingerprint density at radius 2 is 2.04 bits per heavy atom. The van der Waals surface area contributed by atoms with E-state index in [9.17, 15) is 4.79 Å². The van der Waals surface area contributed by atoms with Gasteiger partial charge in [-0.3, -0.25) is 4.57 Å². The number of benzene rings is 1. The number of hydroxylamine groups is 1. The minimum atomic E-state index is -0.523. The Bertz CT molecular complexity index is 810. The predicted molar refractivity (Wildman–Crippen MR) is 102 cm³/mol. The van der Waals surface area contributed by atoms with Gasteiger partial charge in [0.2, 0.25) is 11.8 Å². The zero-order valence-electron chi connectivity index (χ0n) is 15.7. The van der Waals surface area contributed by atoms with Gasteiger partial charge in [0.25, 0.3) is 5.88 Å². The Balaban J connectivity index is 1.64. The third-order valence-corrected chi connectivity index (χ3v) is 3.56.